The van der Waals surface area contributed by atoms with Gasteiger partial charge in [0.15, 0.2) is 0 Å². The monoisotopic (exact) mass is 332 g/mol. The van der Waals surface area contributed by atoms with Gasteiger partial charge >= 0.3 is 6.03 Å². The summed E-state index contributed by atoms with van der Waals surface area (Å²) in [6, 6.07) is 7.87. The van der Waals surface area contributed by atoms with Crippen molar-refractivity contribution < 1.29 is 14.6 Å². The largest absolute Gasteiger partial charge is 0.392 e. The summed E-state index contributed by atoms with van der Waals surface area (Å²) in [5.41, 5.74) is 1.89. The van der Waals surface area contributed by atoms with Crippen molar-refractivity contribution in [3.05, 3.63) is 29.8 Å². The summed E-state index contributed by atoms with van der Waals surface area (Å²) in [5, 5.41) is 13.3. The highest BCUT2D eigenvalue weighted by Gasteiger charge is 2.56. The Balaban J connectivity index is 1.59. The van der Waals surface area contributed by atoms with Crippen molar-refractivity contribution in [2.24, 2.45) is 5.41 Å². The number of likely N-dealkylation sites (tertiary alicyclic amines) is 1. The van der Waals surface area contributed by atoms with Crippen LogP contribution in [0.2, 0.25) is 0 Å². The summed E-state index contributed by atoms with van der Waals surface area (Å²) >= 11 is 0. The summed E-state index contributed by atoms with van der Waals surface area (Å²) in [6.45, 7) is 6.09. The van der Waals surface area contributed by atoms with E-state index in [1.54, 1.807) is 0 Å². The fourth-order valence-electron chi connectivity index (χ4n) is 4.09. The first-order chi connectivity index (χ1) is 11.6. The molecule has 1 spiro atoms. The lowest BCUT2D eigenvalue weighted by atomic mass is 9.58. The minimum Gasteiger partial charge on any atom is -0.392 e. The average Bonchev–Trinajstić information content (AvgIpc) is 2.62. The van der Waals surface area contributed by atoms with Crippen molar-refractivity contribution >= 4 is 11.7 Å². The molecule has 2 aliphatic rings. The molecule has 0 radical (unpaired) electrons. The summed E-state index contributed by atoms with van der Waals surface area (Å²) in [5.74, 6) is 0. The number of nitrogens with one attached hydrogen (secondary N) is 1. The molecule has 1 aliphatic heterocycles. The second-order valence-corrected chi connectivity index (χ2v) is 6.86. The highest BCUT2D eigenvalue weighted by Crippen LogP contribution is 2.50. The second kappa shape index (κ2) is 7.11. The van der Waals surface area contributed by atoms with E-state index in [9.17, 15) is 9.90 Å². The van der Waals surface area contributed by atoms with E-state index in [4.69, 9.17) is 4.74 Å². The Kier molecular flexibility index (Phi) is 5.11. The molecule has 132 valence electrons. The van der Waals surface area contributed by atoms with Gasteiger partial charge in [-0.15, -0.1) is 0 Å². The molecule has 2 atom stereocenters. The zero-order chi connectivity index (χ0) is 17.2. The number of para-hydroxylation sites is 1. The van der Waals surface area contributed by atoms with Gasteiger partial charge in [-0.1, -0.05) is 25.1 Å². The van der Waals surface area contributed by atoms with Crippen LogP contribution in [-0.4, -0.2) is 47.9 Å². The van der Waals surface area contributed by atoms with E-state index in [1.165, 1.54) is 0 Å². The Bertz CT molecular complexity index is 580. The van der Waals surface area contributed by atoms with Crippen molar-refractivity contribution in [3.63, 3.8) is 0 Å². The van der Waals surface area contributed by atoms with Gasteiger partial charge < -0.3 is 20.1 Å². The van der Waals surface area contributed by atoms with Crippen LogP contribution in [0.15, 0.2) is 24.3 Å². The van der Waals surface area contributed by atoms with E-state index in [-0.39, 0.29) is 23.7 Å². The molecule has 0 aromatic heterocycles. The van der Waals surface area contributed by atoms with Crippen molar-refractivity contribution in [1.29, 1.82) is 0 Å². The quantitative estimate of drug-likeness (QED) is 0.891. The number of hydrogen-bond acceptors (Lipinski definition) is 3. The van der Waals surface area contributed by atoms with Crippen LogP contribution in [0.25, 0.3) is 0 Å². The van der Waals surface area contributed by atoms with Crippen LogP contribution in [0.1, 0.15) is 38.7 Å². The number of ether oxygens (including phenoxy) is 1. The lowest BCUT2D eigenvalue weighted by Gasteiger charge is -2.56. The Morgan fingerprint density at radius 2 is 2.04 bits per heavy atom. The van der Waals surface area contributed by atoms with E-state index in [1.807, 2.05) is 36.1 Å². The molecule has 1 aliphatic carbocycles. The lowest BCUT2D eigenvalue weighted by Crippen LogP contribution is -2.63. The summed E-state index contributed by atoms with van der Waals surface area (Å²) in [6.07, 6.45) is 3.08. The Labute approximate surface area is 144 Å². The topological polar surface area (TPSA) is 61.8 Å². The number of aryl methyl sites for hydroxylation is 1. The van der Waals surface area contributed by atoms with Crippen molar-refractivity contribution in [2.45, 2.75) is 51.7 Å². The lowest BCUT2D eigenvalue weighted by molar-refractivity contribution is -0.207. The summed E-state index contributed by atoms with van der Waals surface area (Å²) < 4.78 is 5.78. The number of urea groups is 1. The molecule has 1 heterocycles. The molecular weight excluding hydrogens is 304 g/mol. The molecule has 1 saturated heterocycles. The van der Waals surface area contributed by atoms with Crippen LogP contribution in [0.4, 0.5) is 10.5 Å². The first-order valence-electron chi connectivity index (χ1n) is 9.04. The number of carbonyl (C=O) groups is 1. The van der Waals surface area contributed by atoms with Crippen LogP contribution < -0.4 is 5.32 Å². The zero-order valence-electron chi connectivity index (χ0n) is 14.6. The average molecular weight is 332 g/mol. The number of benzene rings is 1. The van der Waals surface area contributed by atoms with Crippen molar-refractivity contribution in [2.75, 3.05) is 25.0 Å². The van der Waals surface area contributed by atoms with Gasteiger partial charge in [-0.3, -0.25) is 0 Å². The van der Waals surface area contributed by atoms with E-state index in [2.05, 4.69) is 12.2 Å². The maximum Gasteiger partial charge on any atom is 0.321 e. The van der Waals surface area contributed by atoms with Crippen LogP contribution in [0.5, 0.6) is 0 Å². The van der Waals surface area contributed by atoms with Gasteiger partial charge in [0.2, 0.25) is 0 Å². The molecule has 5 nitrogen and oxygen atoms in total. The molecule has 1 aromatic carbocycles. The summed E-state index contributed by atoms with van der Waals surface area (Å²) in [4.78, 5) is 14.4. The van der Waals surface area contributed by atoms with Gasteiger partial charge in [0.05, 0.1) is 12.2 Å². The third kappa shape index (κ3) is 3.03. The number of carbonyl (C=O) groups excluding carboxylic acids is 1. The van der Waals surface area contributed by atoms with Gasteiger partial charge in [-0.2, -0.15) is 0 Å². The summed E-state index contributed by atoms with van der Waals surface area (Å²) in [7, 11) is 0. The van der Waals surface area contributed by atoms with Gasteiger partial charge in [-0.05, 0) is 37.8 Å². The molecular formula is C19H28N2O3. The number of hydrogen-bond donors (Lipinski definition) is 2. The maximum atomic E-state index is 12.6. The third-order valence-electron chi connectivity index (χ3n) is 5.73. The van der Waals surface area contributed by atoms with Crippen molar-refractivity contribution in [1.82, 2.24) is 4.90 Å². The molecule has 2 fully saturated rings. The first-order valence-corrected chi connectivity index (χ1v) is 9.04. The van der Waals surface area contributed by atoms with E-state index in [0.717, 1.165) is 36.9 Å². The Morgan fingerprint density at radius 1 is 1.33 bits per heavy atom. The molecule has 1 saturated carbocycles. The molecule has 0 bridgehead atoms. The minimum absolute atomic E-state index is 0.0486. The number of nitrogens with zero attached hydrogens (tertiary/aromatic N) is 1. The van der Waals surface area contributed by atoms with Gasteiger partial charge in [-0.25, -0.2) is 4.79 Å². The van der Waals surface area contributed by atoms with Gasteiger partial charge in [0.1, 0.15) is 0 Å². The van der Waals surface area contributed by atoms with E-state index >= 15 is 0 Å². The molecule has 24 heavy (non-hydrogen) atoms. The number of aliphatic hydroxyl groups excluding tert-OH is 1. The molecule has 2 amide bonds. The standard InChI is InChI=1S/C19H28N2O3/c1-3-14-7-5-6-8-15(14)20-18(23)21-11-9-19(10-12-21)16(22)13-17(19)24-4-2/h5-8,16-17,22H,3-4,9-13H2,1-2H3,(H,20,23)/t16-,17+/m0/s1. The second-order valence-electron chi connectivity index (χ2n) is 6.86. The number of piperidine rings is 1. The van der Waals surface area contributed by atoms with Crippen molar-refractivity contribution in [3.8, 4) is 0 Å². The Morgan fingerprint density at radius 3 is 2.67 bits per heavy atom. The maximum absolute atomic E-state index is 12.6. The van der Waals surface area contributed by atoms with Crippen LogP contribution in [-0.2, 0) is 11.2 Å². The predicted octanol–water partition coefficient (Wildman–Crippen LogP) is 3.03. The van der Waals surface area contributed by atoms with Gasteiger partial charge in [0.25, 0.3) is 0 Å². The van der Waals surface area contributed by atoms with E-state index < -0.39 is 0 Å². The third-order valence-corrected chi connectivity index (χ3v) is 5.73. The number of amides is 2. The number of anilines is 1. The Hall–Kier alpha value is -1.59. The normalized spacial score (nSPS) is 25.4. The molecule has 1 aromatic rings. The highest BCUT2D eigenvalue weighted by molar-refractivity contribution is 5.90. The number of aliphatic hydroxyl groups is 1. The molecule has 5 heteroatoms. The SMILES string of the molecule is CCO[C@@H]1C[C@H](O)C12CCN(C(=O)Nc1ccccc1CC)CC2. The zero-order valence-corrected chi connectivity index (χ0v) is 14.6. The molecule has 2 N–H and O–H groups in total. The molecule has 3 rings (SSSR count). The van der Waals surface area contributed by atoms with Crippen LogP contribution in [0, 0.1) is 5.41 Å². The smallest absolute Gasteiger partial charge is 0.321 e. The van der Waals surface area contributed by atoms with Crippen LogP contribution >= 0.6 is 0 Å². The predicted molar refractivity (Wildman–Crippen MR) is 94.1 cm³/mol. The minimum atomic E-state index is -0.292. The van der Waals surface area contributed by atoms with Crippen LogP contribution in [0.3, 0.4) is 0 Å². The highest BCUT2D eigenvalue weighted by atomic mass is 16.5. The fourth-order valence-corrected chi connectivity index (χ4v) is 4.09. The molecule has 0 unspecified atom stereocenters. The number of rotatable bonds is 4. The van der Waals surface area contributed by atoms with E-state index in [0.29, 0.717) is 19.7 Å². The fraction of sp³-hybridized carbons (Fsp3) is 0.632. The van der Waals surface area contributed by atoms with Gasteiger partial charge in [0, 0.05) is 37.2 Å². The first kappa shape index (κ1) is 17.2.